The number of nitrogens with zero attached hydrogens (tertiary/aromatic N) is 1. The van der Waals surface area contributed by atoms with Crippen LogP contribution in [0, 0.1) is 0 Å². The van der Waals surface area contributed by atoms with E-state index >= 15 is 0 Å². The Morgan fingerprint density at radius 3 is 2.48 bits per heavy atom. The van der Waals surface area contributed by atoms with Crippen molar-refractivity contribution in [2.45, 2.75) is 51.1 Å². The van der Waals surface area contributed by atoms with Crippen LogP contribution in [0.25, 0.3) is 0 Å². The van der Waals surface area contributed by atoms with Crippen molar-refractivity contribution in [3.05, 3.63) is 34.9 Å². The van der Waals surface area contributed by atoms with E-state index in [-0.39, 0.29) is 29.9 Å². The van der Waals surface area contributed by atoms with Crippen LogP contribution < -0.4 is 16.0 Å². The summed E-state index contributed by atoms with van der Waals surface area (Å²) in [6.07, 6.45) is 6.43. The van der Waals surface area contributed by atoms with Crippen LogP contribution in [0.5, 0.6) is 0 Å². The molecule has 3 N–H and O–H groups in total. The highest BCUT2D eigenvalue weighted by Gasteiger charge is 2.15. The summed E-state index contributed by atoms with van der Waals surface area (Å²) in [5.74, 6) is 0.804. The lowest BCUT2D eigenvalue weighted by molar-refractivity contribution is -0.121. The van der Waals surface area contributed by atoms with E-state index in [0.717, 1.165) is 23.4 Å². The van der Waals surface area contributed by atoms with Crippen molar-refractivity contribution < 1.29 is 4.79 Å². The lowest BCUT2D eigenvalue weighted by atomic mass is 9.95. The Bertz CT molecular complexity index is 545. The number of carbonyl (C=O) groups excluding carboxylic acids is 1. The predicted octanol–water partition coefficient (Wildman–Crippen LogP) is 3.46. The second-order valence-electron chi connectivity index (χ2n) is 6.13. The molecule has 7 heteroatoms. The van der Waals surface area contributed by atoms with Crippen LogP contribution in [0.3, 0.4) is 0 Å². The highest BCUT2D eigenvalue weighted by Crippen LogP contribution is 2.17. The maximum atomic E-state index is 12.0. The average Bonchev–Trinajstić information content (AvgIpc) is 2.60. The molecule has 1 aromatic rings. The summed E-state index contributed by atoms with van der Waals surface area (Å²) >= 11 is 5.88. The normalized spacial score (nSPS) is 15.2. The maximum absolute atomic E-state index is 12.0. The number of benzene rings is 1. The van der Waals surface area contributed by atoms with E-state index < -0.39 is 0 Å². The number of hydrogen-bond acceptors (Lipinski definition) is 2. The zero-order valence-electron chi connectivity index (χ0n) is 14.7. The monoisotopic (exact) mass is 478 g/mol. The van der Waals surface area contributed by atoms with Crippen LogP contribution in [-0.2, 0) is 11.3 Å². The van der Waals surface area contributed by atoms with Gasteiger partial charge in [0.15, 0.2) is 5.96 Å². The van der Waals surface area contributed by atoms with Gasteiger partial charge in [0.05, 0.1) is 0 Å². The Kier molecular flexibility index (Phi) is 10.9. The molecule has 1 fully saturated rings. The van der Waals surface area contributed by atoms with Crippen molar-refractivity contribution in [1.82, 2.24) is 16.0 Å². The van der Waals surface area contributed by atoms with Crippen molar-refractivity contribution >= 4 is 47.4 Å². The van der Waals surface area contributed by atoms with Gasteiger partial charge in [-0.05, 0) is 30.5 Å². The number of guanidine groups is 1. The van der Waals surface area contributed by atoms with Crippen molar-refractivity contribution in [3.8, 4) is 0 Å². The summed E-state index contributed by atoms with van der Waals surface area (Å²) < 4.78 is 0. The second-order valence-corrected chi connectivity index (χ2v) is 6.57. The fourth-order valence-electron chi connectivity index (χ4n) is 2.85. The van der Waals surface area contributed by atoms with Gasteiger partial charge in [-0.2, -0.15) is 0 Å². The first-order chi connectivity index (χ1) is 11.7. The van der Waals surface area contributed by atoms with E-state index in [1.54, 1.807) is 7.05 Å². The molecule has 0 aromatic heterocycles. The number of nitrogens with one attached hydrogen (secondary N) is 3. The minimum atomic E-state index is 0. The van der Waals surface area contributed by atoms with Crippen molar-refractivity contribution in [3.63, 3.8) is 0 Å². The molecule has 0 saturated heterocycles. The summed E-state index contributed by atoms with van der Waals surface area (Å²) in [5, 5.41) is 10.2. The summed E-state index contributed by atoms with van der Waals surface area (Å²) in [7, 11) is 1.72. The first kappa shape index (κ1) is 22.0. The second kappa shape index (κ2) is 12.4. The molecule has 1 aliphatic carbocycles. The molecule has 0 bridgehead atoms. The molecular formula is C18H28ClIN4O. The number of carbonyl (C=O) groups is 1. The summed E-state index contributed by atoms with van der Waals surface area (Å²) in [6, 6.07) is 8.04. The third-order valence-corrected chi connectivity index (χ3v) is 4.46. The van der Waals surface area contributed by atoms with Gasteiger partial charge in [0.2, 0.25) is 5.91 Å². The van der Waals surface area contributed by atoms with Gasteiger partial charge in [-0.25, -0.2) is 0 Å². The largest absolute Gasteiger partial charge is 0.356 e. The molecule has 0 heterocycles. The molecular weight excluding hydrogens is 451 g/mol. The van der Waals surface area contributed by atoms with Gasteiger partial charge < -0.3 is 16.0 Å². The highest BCUT2D eigenvalue weighted by molar-refractivity contribution is 14.0. The third kappa shape index (κ3) is 8.76. The first-order valence-corrected chi connectivity index (χ1v) is 9.03. The van der Waals surface area contributed by atoms with Crippen LogP contribution in [-0.4, -0.2) is 31.5 Å². The third-order valence-electron chi connectivity index (χ3n) is 4.21. The van der Waals surface area contributed by atoms with Gasteiger partial charge in [-0.15, -0.1) is 24.0 Å². The smallest absolute Gasteiger partial charge is 0.221 e. The topological polar surface area (TPSA) is 65.5 Å². The number of aliphatic imine (C=N–C) groups is 1. The molecule has 0 aliphatic heterocycles. The highest BCUT2D eigenvalue weighted by atomic mass is 127. The molecule has 1 amide bonds. The summed E-state index contributed by atoms with van der Waals surface area (Å²) in [5.41, 5.74) is 1.12. The number of halogens is 2. The van der Waals surface area contributed by atoms with Crippen LogP contribution in [0.1, 0.15) is 44.1 Å². The van der Waals surface area contributed by atoms with E-state index in [4.69, 9.17) is 11.6 Å². The SMILES string of the molecule is CN=C(NCCC(=O)NC1CCCCC1)NCc1ccc(Cl)cc1.I. The fraction of sp³-hybridized carbons (Fsp3) is 0.556. The van der Waals surface area contributed by atoms with Gasteiger partial charge in [0.25, 0.3) is 0 Å². The Morgan fingerprint density at radius 1 is 1.16 bits per heavy atom. The molecule has 2 rings (SSSR count). The standard InChI is InChI=1S/C18H27ClN4O.HI/c1-20-18(22-13-14-7-9-15(19)10-8-14)21-12-11-17(24)23-16-5-3-2-4-6-16;/h7-10,16H,2-6,11-13H2,1H3,(H,23,24)(H2,20,21,22);1H. The lowest BCUT2D eigenvalue weighted by Gasteiger charge is -2.22. The summed E-state index contributed by atoms with van der Waals surface area (Å²) in [6.45, 7) is 1.23. The lowest BCUT2D eigenvalue weighted by Crippen LogP contribution is -2.41. The quantitative estimate of drug-likeness (QED) is 0.333. The number of amides is 1. The molecule has 0 spiro atoms. The molecule has 0 radical (unpaired) electrons. The molecule has 5 nitrogen and oxygen atoms in total. The minimum Gasteiger partial charge on any atom is -0.356 e. The van der Waals surface area contributed by atoms with Crippen molar-refractivity contribution in [1.29, 1.82) is 0 Å². The molecule has 0 atom stereocenters. The molecule has 1 saturated carbocycles. The molecule has 0 unspecified atom stereocenters. The predicted molar refractivity (Wildman–Crippen MR) is 115 cm³/mol. The Hall–Kier alpha value is -1.02. The number of hydrogen-bond donors (Lipinski definition) is 3. The Morgan fingerprint density at radius 2 is 1.84 bits per heavy atom. The number of rotatable bonds is 6. The average molecular weight is 479 g/mol. The van der Waals surface area contributed by atoms with Crippen molar-refractivity contribution in [2.24, 2.45) is 4.99 Å². The Labute approximate surface area is 172 Å². The zero-order valence-corrected chi connectivity index (χ0v) is 17.8. The summed E-state index contributed by atoms with van der Waals surface area (Å²) in [4.78, 5) is 16.1. The van der Waals surface area contributed by atoms with Gasteiger partial charge in [0, 0.05) is 37.6 Å². The van der Waals surface area contributed by atoms with E-state index in [0.29, 0.717) is 31.5 Å². The fourth-order valence-corrected chi connectivity index (χ4v) is 2.98. The molecule has 25 heavy (non-hydrogen) atoms. The molecule has 1 aliphatic rings. The van der Waals surface area contributed by atoms with Crippen LogP contribution >= 0.6 is 35.6 Å². The minimum absolute atomic E-state index is 0. The zero-order chi connectivity index (χ0) is 17.2. The van der Waals surface area contributed by atoms with Gasteiger partial charge in [-0.3, -0.25) is 9.79 Å². The Balaban J connectivity index is 0.00000312. The van der Waals surface area contributed by atoms with E-state index in [2.05, 4.69) is 20.9 Å². The van der Waals surface area contributed by atoms with Gasteiger partial charge in [0.1, 0.15) is 0 Å². The van der Waals surface area contributed by atoms with E-state index in [9.17, 15) is 4.79 Å². The van der Waals surface area contributed by atoms with Gasteiger partial charge in [-0.1, -0.05) is 43.0 Å². The van der Waals surface area contributed by atoms with Crippen LogP contribution in [0.2, 0.25) is 5.02 Å². The van der Waals surface area contributed by atoms with Gasteiger partial charge >= 0.3 is 0 Å². The maximum Gasteiger partial charge on any atom is 0.221 e. The first-order valence-electron chi connectivity index (χ1n) is 8.65. The van der Waals surface area contributed by atoms with Crippen LogP contribution in [0.4, 0.5) is 0 Å². The van der Waals surface area contributed by atoms with Crippen LogP contribution in [0.15, 0.2) is 29.3 Å². The van der Waals surface area contributed by atoms with Crippen molar-refractivity contribution in [2.75, 3.05) is 13.6 Å². The molecule has 140 valence electrons. The molecule has 1 aromatic carbocycles. The van der Waals surface area contributed by atoms with E-state index in [1.807, 2.05) is 24.3 Å². The van der Waals surface area contributed by atoms with E-state index in [1.165, 1.54) is 19.3 Å².